The molecule has 0 aromatic heterocycles. The van der Waals surface area contributed by atoms with Crippen LogP contribution in [-0.4, -0.2) is 24.4 Å². The molecule has 0 aliphatic carbocycles. The van der Waals surface area contributed by atoms with Crippen LogP contribution in [0.15, 0.2) is 22.7 Å². The molecule has 1 aromatic carbocycles. The number of nitrogens with one attached hydrogen (secondary N) is 1. The van der Waals surface area contributed by atoms with Crippen LogP contribution in [0.5, 0.6) is 0 Å². The minimum atomic E-state index is -1.68. The molecule has 0 radical (unpaired) electrons. The van der Waals surface area contributed by atoms with Crippen molar-refractivity contribution < 1.29 is 18.7 Å². The Bertz CT molecular complexity index is 679. The van der Waals surface area contributed by atoms with E-state index >= 15 is 0 Å². The van der Waals surface area contributed by atoms with Gasteiger partial charge in [-0.3, -0.25) is 10.1 Å². The van der Waals surface area contributed by atoms with Crippen molar-refractivity contribution >= 4 is 27.7 Å². The van der Waals surface area contributed by atoms with E-state index in [1.54, 1.807) is 39.0 Å². The monoisotopic (exact) mass is 398 g/mol. The normalized spacial score (nSPS) is 13.7. The number of hydrogen-bond acceptors (Lipinski definition) is 5. The minimum Gasteiger partial charge on any atom is -0.467 e. The molecule has 0 bridgehead atoms. The van der Waals surface area contributed by atoms with E-state index in [-0.39, 0.29) is 11.0 Å². The zero-order valence-electron chi connectivity index (χ0n) is 14.1. The molecule has 0 aliphatic heterocycles. The van der Waals surface area contributed by atoms with Crippen LogP contribution in [0.25, 0.3) is 0 Å². The van der Waals surface area contributed by atoms with Gasteiger partial charge in [0.25, 0.3) is 0 Å². The minimum absolute atomic E-state index is 0.127. The van der Waals surface area contributed by atoms with Crippen LogP contribution in [-0.2, 0) is 20.9 Å². The lowest BCUT2D eigenvalue weighted by Gasteiger charge is -2.41. The van der Waals surface area contributed by atoms with Gasteiger partial charge >= 0.3 is 5.97 Å². The molecule has 130 valence electrons. The smallest absolute Gasteiger partial charge is 0.334 e. The summed E-state index contributed by atoms with van der Waals surface area (Å²) in [7, 11) is 1.19. The molecule has 0 aliphatic rings. The number of carbonyl (C=O) groups excluding carboxylic acids is 2. The number of halogens is 2. The molecule has 0 heterocycles. The third-order valence-electron chi connectivity index (χ3n) is 3.82. The van der Waals surface area contributed by atoms with Gasteiger partial charge in [-0.1, -0.05) is 26.8 Å². The first-order chi connectivity index (χ1) is 11.1. The Morgan fingerprint density at radius 3 is 2.46 bits per heavy atom. The van der Waals surface area contributed by atoms with Gasteiger partial charge in [0.1, 0.15) is 5.82 Å². The Morgan fingerprint density at radius 1 is 1.38 bits per heavy atom. The lowest BCUT2D eigenvalue weighted by atomic mass is 9.70. The molecule has 5 nitrogen and oxygen atoms in total. The van der Waals surface area contributed by atoms with Crippen molar-refractivity contribution in [3.63, 3.8) is 0 Å². The van der Waals surface area contributed by atoms with Gasteiger partial charge in [0.15, 0.2) is 11.3 Å². The Labute approximate surface area is 149 Å². The predicted molar refractivity (Wildman–Crippen MR) is 90.4 cm³/mol. The molecular weight excluding hydrogens is 379 g/mol. The van der Waals surface area contributed by atoms with E-state index in [4.69, 9.17) is 10.00 Å². The fourth-order valence-corrected chi connectivity index (χ4v) is 2.94. The second kappa shape index (κ2) is 7.86. The van der Waals surface area contributed by atoms with Crippen LogP contribution in [0, 0.1) is 22.6 Å². The second-order valence-corrected chi connectivity index (χ2v) is 7.21. The van der Waals surface area contributed by atoms with Gasteiger partial charge in [0.05, 0.1) is 24.1 Å². The van der Waals surface area contributed by atoms with E-state index in [0.29, 0.717) is 5.56 Å². The Kier molecular flexibility index (Phi) is 6.64. The number of ether oxygens (including phenoxy) is 1. The maximum Gasteiger partial charge on any atom is 0.334 e. The maximum atomic E-state index is 13.3. The van der Waals surface area contributed by atoms with Crippen molar-refractivity contribution in [2.24, 2.45) is 5.41 Å². The molecule has 0 fully saturated rings. The lowest BCUT2D eigenvalue weighted by molar-refractivity contribution is -0.159. The maximum absolute atomic E-state index is 13.3. The number of esters is 1. The summed E-state index contributed by atoms with van der Waals surface area (Å²) in [6.45, 7) is 5.27. The number of ketones is 1. The number of hydrogen-bond donors (Lipinski definition) is 1. The predicted octanol–water partition coefficient (Wildman–Crippen LogP) is 3.12. The SMILES string of the molecule is COC(=O)C(NCc1ccc(F)c(Br)c1)(C(=O)CC#N)C(C)(C)C. The van der Waals surface area contributed by atoms with E-state index in [2.05, 4.69) is 21.2 Å². The van der Waals surface area contributed by atoms with Gasteiger partial charge in [-0.15, -0.1) is 0 Å². The van der Waals surface area contributed by atoms with Gasteiger partial charge in [-0.05, 0) is 39.0 Å². The highest BCUT2D eigenvalue weighted by molar-refractivity contribution is 9.10. The average Bonchev–Trinajstić information content (AvgIpc) is 2.49. The van der Waals surface area contributed by atoms with Crippen LogP contribution >= 0.6 is 15.9 Å². The second-order valence-electron chi connectivity index (χ2n) is 6.35. The molecule has 1 rings (SSSR count). The summed E-state index contributed by atoms with van der Waals surface area (Å²) >= 11 is 3.10. The van der Waals surface area contributed by atoms with Gasteiger partial charge < -0.3 is 4.74 Å². The van der Waals surface area contributed by atoms with Gasteiger partial charge in [-0.25, -0.2) is 9.18 Å². The van der Waals surface area contributed by atoms with Gasteiger partial charge in [0, 0.05) is 6.54 Å². The molecular formula is C17H20BrFN2O3. The number of Topliss-reactive ketones (excluding diaryl/α,β-unsaturated/α-hetero) is 1. The summed E-state index contributed by atoms with van der Waals surface area (Å²) in [6.07, 6.45) is -0.424. The highest BCUT2D eigenvalue weighted by atomic mass is 79.9. The van der Waals surface area contributed by atoms with E-state index in [1.807, 2.05) is 0 Å². The fraction of sp³-hybridized carbons (Fsp3) is 0.471. The highest BCUT2D eigenvalue weighted by Gasteiger charge is 2.55. The largest absolute Gasteiger partial charge is 0.467 e. The van der Waals surface area contributed by atoms with E-state index in [9.17, 15) is 14.0 Å². The van der Waals surface area contributed by atoms with Crippen LogP contribution < -0.4 is 5.32 Å². The van der Waals surface area contributed by atoms with Crippen LogP contribution in [0.4, 0.5) is 4.39 Å². The van der Waals surface area contributed by atoms with E-state index in [0.717, 1.165) is 0 Å². The third-order valence-corrected chi connectivity index (χ3v) is 4.42. The molecule has 0 saturated carbocycles. The van der Waals surface area contributed by atoms with Gasteiger partial charge in [0.2, 0.25) is 0 Å². The summed E-state index contributed by atoms with van der Waals surface area (Å²) in [5, 5.41) is 11.8. The summed E-state index contributed by atoms with van der Waals surface area (Å²) in [5.74, 6) is -1.73. The van der Waals surface area contributed by atoms with Crippen molar-refractivity contribution in [1.82, 2.24) is 5.32 Å². The number of nitrogens with zero attached hydrogens (tertiary/aromatic N) is 1. The first-order valence-electron chi connectivity index (χ1n) is 7.27. The van der Waals surface area contributed by atoms with Gasteiger partial charge in [-0.2, -0.15) is 5.26 Å². The first-order valence-corrected chi connectivity index (χ1v) is 8.07. The Morgan fingerprint density at radius 2 is 2.00 bits per heavy atom. The van der Waals surface area contributed by atoms with Crippen molar-refractivity contribution in [2.45, 2.75) is 39.3 Å². The van der Waals surface area contributed by atoms with Crippen molar-refractivity contribution in [3.8, 4) is 6.07 Å². The summed E-state index contributed by atoms with van der Waals surface area (Å²) in [4.78, 5) is 25.1. The summed E-state index contributed by atoms with van der Waals surface area (Å²) in [5.41, 5.74) is -1.85. The molecule has 0 amide bonds. The van der Waals surface area contributed by atoms with Crippen LogP contribution in [0.2, 0.25) is 0 Å². The topological polar surface area (TPSA) is 79.2 Å². The zero-order chi connectivity index (χ0) is 18.5. The van der Waals surface area contributed by atoms with Crippen molar-refractivity contribution in [1.29, 1.82) is 5.26 Å². The fourth-order valence-electron chi connectivity index (χ4n) is 2.52. The van der Waals surface area contributed by atoms with Crippen molar-refractivity contribution in [3.05, 3.63) is 34.1 Å². The van der Waals surface area contributed by atoms with E-state index in [1.165, 1.54) is 13.2 Å². The average molecular weight is 399 g/mol. The van der Waals surface area contributed by atoms with Crippen molar-refractivity contribution in [2.75, 3.05) is 7.11 Å². The number of methoxy groups -OCH3 is 1. The quantitative estimate of drug-likeness (QED) is 0.588. The summed E-state index contributed by atoms with van der Waals surface area (Å²) < 4.78 is 18.5. The summed E-state index contributed by atoms with van der Waals surface area (Å²) in [6, 6.07) is 6.18. The Hall–Kier alpha value is -1.78. The molecule has 1 unspecified atom stereocenters. The standard InChI is InChI=1S/C17H20BrFN2O3/c1-16(2,3)17(15(23)24-4,14(22)7-8-20)21-10-11-5-6-13(19)12(18)9-11/h5-6,9,21H,7,10H2,1-4H3. The highest BCUT2D eigenvalue weighted by Crippen LogP contribution is 2.34. The third kappa shape index (κ3) is 4.00. The number of nitriles is 1. The lowest BCUT2D eigenvalue weighted by Crippen LogP contribution is -2.66. The number of rotatable bonds is 6. The Balaban J connectivity index is 3.26. The molecule has 1 aromatic rings. The molecule has 1 atom stereocenters. The van der Waals surface area contributed by atoms with Crippen LogP contribution in [0.3, 0.4) is 0 Å². The molecule has 0 spiro atoms. The zero-order valence-corrected chi connectivity index (χ0v) is 15.7. The first kappa shape index (κ1) is 20.3. The number of benzene rings is 1. The molecule has 7 heteroatoms. The van der Waals surface area contributed by atoms with E-state index < -0.39 is 34.9 Å². The molecule has 1 N–H and O–H groups in total. The molecule has 24 heavy (non-hydrogen) atoms. The molecule has 0 saturated heterocycles. The van der Waals surface area contributed by atoms with Crippen LogP contribution in [0.1, 0.15) is 32.8 Å². The number of carbonyl (C=O) groups is 2.